The van der Waals surface area contributed by atoms with E-state index in [1.165, 1.54) is 0 Å². The Kier molecular flexibility index (Phi) is 6.12. The second-order valence-electron chi connectivity index (χ2n) is 3.71. The van der Waals surface area contributed by atoms with Crippen LogP contribution in [0.4, 0.5) is 0 Å². The number of hydrogen-bond donors (Lipinski definition) is 0. The third-order valence-corrected chi connectivity index (χ3v) is 2.35. The van der Waals surface area contributed by atoms with Gasteiger partial charge in [0.25, 0.3) is 0 Å². The topological polar surface area (TPSA) is 27.7 Å². The smallest absolute Gasteiger partial charge is 0.203 e. The lowest BCUT2D eigenvalue weighted by Crippen LogP contribution is -2.03. The Labute approximate surface area is 109 Å². The van der Waals surface area contributed by atoms with Crippen LogP contribution in [0.1, 0.15) is 26.3 Å². The zero-order valence-electron chi connectivity index (χ0n) is 11.5. The quantitative estimate of drug-likeness (QED) is 0.660. The molecule has 0 saturated heterocycles. The first-order valence-electron chi connectivity index (χ1n) is 6.42. The predicted molar refractivity (Wildman–Crippen MR) is 73.9 cm³/mol. The minimum atomic E-state index is 0.584. The average Bonchev–Trinajstić information content (AvgIpc) is 2.34. The summed E-state index contributed by atoms with van der Waals surface area (Å²) in [5, 5.41) is 0. The van der Waals surface area contributed by atoms with Gasteiger partial charge in [0.15, 0.2) is 11.5 Å². The Morgan fingerprint density at radius 1 is 0.944 bits per heavy atom. The number of rotatable bonds is 8. The van der Waals surface area contributed by atoms with Crippen LogP contribution in [0.5, 0.6) is 17.2 Å². The summed E-state index contributed by atoms with van der Waals surface area (Å²) in [6.45, 7) is 11.4. The summed E-state index contributed by atoms with van der Waals surface area (Å²) in [5.41, 5.74) is 1.11. The van der Waals surface area contributed by atoms with Crippen molar-refractivity contribution in [2.24, 2.45) is 0 Å². The summed E-state index contributed by atoms with van der Waals surface area (Å²) in [6.07, 6.45) is 2.65. The van der Waals surface area contributed by atoms with Crippen LogP contribution in [0.25, 0.3) is 0 Å². The van der Waals surface area contributed by atoms with Crippen LogP contribution in [0.3, 0.4) is 0 Å². The molecule has 0 atom stereocenters. The summed E-state index contributed by atoms with van der Waals surface area (Å²) in [5.74, 6) is 2.17. The Bertz CT molecular complexity index is 358. The molecule has 0 aliphatic heterocycles. The number of allylic oxidation sites excluding steroid dienone is 1. The van der Waals surface area contributed by atoms with Gasteiger partial charge in [-0.3, -0.25) is 0 Å². The molecule has 0 aliphatic rings. The van der Waals surface area contributed by atoms with Gasteiger partial charge in [-0.2, -0.15) is 0 Å². The molecule has 0 spiro atoms. The van der Waals surface area contributed by atoms with Crippen LogP contribution in [0, 0.1) is 0 Å². The maximum atomic E-state index is 5.63. The van der Waals surface area contributed by atoms with Crippen molar-refractivity contribution < 1.29 is 14.2 Å². The molecule has 0 fully saturated rings. The normalized spacial score (nSPS) is 9.94. The SMILES string of the molecule is C=CCc1cc(OCC)c(OCC)c(OCC)c1. The van der Waals surface area contributed by atoms with Crippen LogP contribution in [-0.4, -0.2) is 19.8 Å². The van der Waals surface area contributed by atoms with Crippen LogP contribution in [0.2, 0.25) is 0 Å². The maximum Gasteiger partial charge on any atom is 0.203 e. The summed E-state index contributed by atoms with van der Waals surface area (Å²) in [6, 6.07) is 3.97. The fourth-order valence-corrected chi connectivity index (χ4v) is 1.73. The highest BCUT2D eigenvalue weighted by Crippen LogP contribution is 2.39. The van der Waals surface area contributed by atoms with Crippen molar-refractivity contribution in [3.63, 3.8) is 0 Å². The zero-order chi connectivity index (χ0) is 13.4. The molecule has 3 heteroatoms. The van der Waals surface area contributed by atoms with Gasteiger partial charge in [-0.25, -0.2) is 0 Å². The van der Waals surface area contributed by atoms with E-state index in [4.69, 9.17) is 14.2 Å². The van der Waals surface area contributed by atoms with Crippen molar-refractivity contribution in [2.75, 3.05) is 19.8 Å². The molecule has 0 aliphatic carbocycles. The Morgan fingerprint density at radius 2 is 1.44 bits per heavy atom. The third kappa shape index (κ3) is 3.69. The van der Waals surface area contributed by atoms with Crippen molar-refractivity contribution in [1.29, 1.82) is 0 Å². The maximum absolute atomic E-state index is 5.63. The van der Waals surface area contributed by atoms with Gasteiger partial charge < -0.3 is 14.2 Å². The van der Waals surface area contributed by atoms with E-state index >= 15 is 0 Å². The summed E-state index contributed by atoms with van der Waals surface area (Å²) < 4.78 is 16.9. The van der Waals surface area contributed by atoms with E-state index in [0.29, 0.717) is 25.6 Å². The fraction of sp³-hybridized carbons (Fsp3) is 0.467. The second-order valence-corrected chi connectivity index (χ2v) is 3.71. The molecule has 3 nitrogen and oxygen atoms in total. The van der Waals surface area contributed by atoms with Gasteiger partial charge in [-0.05, 0) is 44.9 Å². The minimum absolute atomic E-state index is 0.584. The lowest BCUT2D eigenvalue weighted by Gasteiger charge is -2.16. The molecule has 0 aromatic heterocycles. The van der Waals surface area contributed by atoms with Crippen molar-refractivity contribution in [2.45, 2.75) is 27.2 Å². The van der Waals surface area contributed by atoms with Crippen molar-refractivity contribution >= 4 is 0 Å². The van der Waals surface area contributed by atoms with Crippen LogP contribution in [0.15, 0.2) is 24.8 Å². The van der Waals surface area contributed by atoms with Gasteiger partial charge in [-0.1, -0.05) is 6.08 Å². The molecule has 0 saturated carbocycles. The monoisotopic (exact) mass is 250 g/mol. The van der Waals surface area contributed by atoms with Gasteiger partial charge in [0.05, 0.1) is 19.8 Å². The van der Waals surface area contributed by atoms with E-state index in [0.717, 1.165) is 23.5 Å². The standard InChI is InChI=1S/C15H22O3/c1-5-9-12-10-13(16-6-2)15(18-8-4)14(11-12)17-7-3/h5,10-11H,1,6-9H2,2-4H3. The zero-order valence-corrected chi connectivity index (χ0v) is 11.5. The van der Waals surface area contributed by atoms with E-state index < -0.39 is 0 Å². The van der Waals surface area contributed by atoms with E-state index in [1.54, 1.807) is 0 Å². The Morgan fingerprint density at radius 3 is 1.83 bits per heavy atom. The van der Waals surface area contributed by atoms with Gasteiger partial charge in [0, 0.05) is 0 Å². The molecule has 0 unspecified atom stereocenters. The molecule has 0 amide bonds. The highest BCUT2D eigenvalue weighted by atomic mass is 16.5. The lowest BCUT2D eigenvalue weighted by atomic mass is 10.1. The molecular formula is C15H22O3. The third-order valence-electron chi connectivity index (χ3n) is 2.35. The first-order valence-corrected chi connectivity index (χ1v) is 6.42. The van der Waals surface area contributed by atoms with Crippen LogP contribution < -0.4 is 14.2 Å². The van der Waals surface area contributed by atoms with Crippen molar-refractivity contribution in [1.82, 2.24) is 0 Å². The Balaban J connectivity index is 3.19. The first-order chi connectivity index (χ1) is 8.76. The lowest BCUT2D eigenvalue weighted by molar-refractivity contribution is 0.260. The molecular weight excluding hydrogens is 228 g/mol. The molecule has 1 rings (SSSR count). The van der Waals surface area contributed by atoms with Crippen molar-refractivity contribution in [3.05, 3.63) is 30.4 Å². The van der Waals surface area contributed by atoms with Gasteiger partial charge >= 0.3 is 0 Å². The van der Waals surface area contributed by atoms with E-state index in [2.05, 4.69) is 6.58 Å². The van der Waals surface area contributed by atoms with Gasteiger partial charge in [-0.15, -0.1) is 6.58 Å². The molecule has 0 bridgehead atoms. The highest BCUT2D eigenvalue weighted by Gasteiger charge is 2.14. The fourth-order valence-electron chi connectivity index (χ4n) is 1.73. The summed E-state index contributed by atoms with van der Waals surface area (Å²) in [4.78, 5) is 0. The molecule has 100 valence electrons. The average molecular weight is 250 g/mol. The predicted octanol–water partition coefficient (Wildman–Crippen LogP) is 3.61. The molecule has 1 aromatic rings. The molecule has 0 radical (unpaired) electrons. The number of benzene rings is 1. The second kappa shape index (κ2) is 7.64. The number of hydrogen-bond acceptors (Lipinski definition) is 3. The van der Waals surface area contributed by atoms with Gasteiger partial charge in [0.2, 0.25) is 5.75 Å². The molecule has 0 N–H and O–H groups in total. The molecule has 18 heavy (non-hydrogen) atoms. The minimum Gasteiger partial charge on any atom is -0.490 e. The van der Waals surface area contributed by atoms with E-state index in [9.17, 15) is 0 Å². The molecule has 1 aromatic carbocycles. The summed E-state index contributed by atoms with van der Waals surface area (Å²) >= 11 is 0. The van der Waals surface area contributed by atoms with Crippen LogP contribution >= 0.6 is 0 Å². The van der Waals surface area contributed by atoms with Crippen LogP contribution in [-0.2, 0) is 6.42 Å². The van der Waals surface area contributed by atoms with Crippen molar-refractivity contribution in [3.8, 4) is 17.2 Å². The van der Waals surface area contributed by atoms with E-state index in [-0.39, 0.29) is 0 Å². The Hall–Kier alpha value is -1.64. The van der Waals surface area contributed by atoms with Gasteiger partial charge in [0.1, 0.15) is 0 Å². The first kappa shape index (κ1) is 14.4. The van der Waals surface area contributed by atoms with E-state index in [1.807, 2.05) is 39.0 Å². The number of ether oxygens (including phenoxy) is 3. The highest BCUT2D eigenvalue weighted by molar-refractivity contribution is 5.54. The molecule has 0 heterocycles. The summed E-state index contributed by atoms with van der Waals surface area (Å²) in [7, 11) is 0. The largest absolute Gasteiger partial charge is 0.490 e.